The number of hydrogen-bond acceptors (Lipinski definition) is 4. The van der Waals surface area contributed by atoms with Crippen LogP contribution in [0.15, 0.2) is 29.2 Å². The second-order valence-electron chi connectivity index (χ2n) is 4.89. The van der Waals surface area contributed by atoms with Crippen molar-refractivity contribution in [2.24, 2.45) is 0 Å². The van der Waals surface area contributed by atoms with Crippen molar-refractivity contribution in [1.82, 2.24) is 9.71 Å². The SMILES string of the molecule is CC(C)Oc1nc2cc(=O)ccc-2cn1OC(C)C. The number of benzene rings is 1. The van der Waals surface area contributed by atoms with Gasteiger partial charge in [-0.2, -0.15) is 4.98 Å². The summed E-state index contributed by atoms with van der Waals surface area (Å²) in [6.07, 6.45) is 1.75. The highest BCUT2D eigenvalue weighted by molar-refractivity contribution is 5.59. The molecule has 0 N–H and O–H groups in total. The predicted octanol–water partition coefficient (Wildman–Crippen LogP) is 1.97. The van der Waals surface area contributed by atoms with Crippen LogP contribution in [0.25, 0.3) is 11.3 Å². The van der Waals surface area contributed by atoms with Crippen LogP contribution in [-0.4, -0.2) is 21.9 Å². The van der Waals surface area contributed by atoms with Crippen molar-refractivity contribution in [1.29, 1.82) is 0 Å². The Balaban J connectivity index is 2.54. The molecule has 0 aromatic heterocycles. The Morgan fingerprint density at radius 1 is 1.16 bits per heavy atom. The van der Waals surface area contributed by atoms with Gasteiger partial charge in [0.15, 0.2) is 5.43 Å². The van der Waals surface area contributed by atoms with Gasteiger partial charge in [0.2, 0.25) is 0 Å². The van der Waals surface area contributed by atoms with Gasteiger partial charge in [-0.3, -0.25) is 4.79 Å². The topological polar surface area (TPSA) is 53.3 Å². The van der Waals surface area contributed by atoms with Crippen LogP contribution >= 0.6 is 0 Å². The molecule has 1 heterocycles. The Morgan fingerprint density at radius 2 is 1.89 bits per heavy atom. The van der Waals surface area contributed by atoms with Gasteiger partial charge in [0.1, 0.15) is 6.10 Å². The van der Waals surface area contributed by atoms with Gasteiger partial charge < -0.3 is 9.57 Å². The molecule has 1 aliphatic carbocycles. The lowest BCUT2D eigenvalue weighted by Gasteiger charge is -2.20. The molecule has 2 aliphatic rings. The van der Waals surface area contributed by atoms with Crippen molar-refractivity contribution in [2.75, 3.05) is 0 Å². The van der Waals surface area contributed by atoms with Crippen molar-refractivity contribution >= 4 is 0 Å². The van der Waals surface area contributed by atoms with E-state index in [0.29, 0.717) is 11.7 Å². The minimum absolute atomic E-state index is 0.00227. The van der Waals surface area contributed by atoms with Crippen LogP contribution in [0, 0.1) is 0 Å². The van der Waals surface area contributed by atoms with Gasteiger partial charge in [-0.1, -0.05) is 0 Å². The zero-order valence-corrected chi connectivity index (χ0v) is 11.6. The summed E-state index contributed by atoms with van der Waals surface area (Å²) in [5.41, 5.74) is 1.36. The molecule has 102 valence electrons. The van der Waals surface area contributed by atoms with Crippen molar-refractivity contribution in [3.05, 3.63) is 34.6 Å². The highest BCUT2D eigenvalue weighted by Crippen LogP contribution is 2.21. The third kappa shape index (κ3) is 3.24. The fourth-order valence-corrected chi connectivity index (χ4v) is 1.66. The normalized spacial score (nSPS) is 11.3. The molecule has 0 atom stereocenters. The molecule has 0 radical (unpaired) electrons. The van der Waals surface area contributed by atoms with E-state index < -0.39 is 0 Å². The largest absolute Gasteiger partial charge is 0.460 e. The molecule has 5 nitrogen and oxygen atoms in total. The van der Waals surface area contributed by atoms with Gasteiger partial charge in [-0.05, 0) is 39.8 Å². The number of ether oxygens (including phenoxy) is 1. The van der Waals surface area contributed by atoms with E-state index >= 15 is 0 Å². The first-order chi connectivity index (χ1) is 8.95. The standard InChI is InChI=1S/C14H18N2O3/c1-9(2)18-14-15-13-7-12(17)6-5-11(13)8-16(14)19-10(3)4/h5-10H,1-4H3. The molecule has 0 saturated carbocycles. The first-order valence-corrected chi connectivity index (χ1v) is 6.33. The zero-order valence-electron chi connectivity index (χ0n) is 11.6. The number of hydrogen-bond donors (Lipinski definition) is 0. The lowest BCUT2D eigenvalue weighted by molar-refractivity contribution is 0.0300. The van der Waals surface area contributed by atoms with Crippen molar-refractivity contribution in [3.63, 3.8) is 0 Å². The van der Waals surface area contributed by atoms with E-state index in [4.69, 9.17) is 9.57 Å². The smallest absolute Gasteiger partial charge is 0.331 e. The molecule has 5 heteroatoms. The van der Waals surface area contributed by atoms with Crippen molar-refractivity contribution in [2.45, 2.75) is 39.9 Å². The maximum atomic E-state index is 11.4. The van der Waals surface area contributed by atoms with E-state index in [1.165, 1.54) is 16.9 Å². The third-order valence-electron chi connectivity index (χ3n) is 2.33. The highest BCUT2D eigenvalue weighted by Gasteiger charge is 2.14. The first kappa shape index (κ1) is 13.4. The molecule has 0 aromatic rings. The number of aromatic nitrogens is 2. The summed E-state index contributed by atoms with van der Waals surface area (Å²) >= 11 is 0. The Kier molecular flexibility index (Phi) is 3.74. The zero-order chi connectivity index (χ0) is 14.0. The van der Waals surface area contributed by atoms with Gasteiger partial charge in [-0.15, -0.1) is 4.73 Å². The van der Waals surface area contributed by atoms with Gasteiger partial charge in [0, 0.05) is 11.6 Å². The van der Waals surface area contributed by atoms with Crippen LogP contribution in [-0.2, 0) is 0 Å². The molecule has 0 unspecified atom stereocenters. The molecular formula is C14H18N2O3. The minimum Gasteiger partial charge on any atom is -0.460 e. The average Bonchev–Trinajstić information content (AvgIpc) is 2.28. The average molecular weight is 262 g/mol. The van der Waals surface area contributed by atoms with E-state index in [2.05, 4.69) is 4.98 Å². The number of nitrogens with zero attached hydrogens (tertiary/aromatic N) is 2. The fourth-order valence-electron chi connectivity index (χ4n) is 1.66. The summed E-state index contributed by atoms with van der Waals surface area (Å²) in [6, 6.07) is 5.07. The lowest BCUT2D eigenvalue weighted by atomic mass is 10.1. The Labute approximate surface area is 112 Å². The molecule has 19 heavy (non-hydrogen) atoms. The van der Waals surface area contributed by atoms with Gasteiger partial charge in [0.05, 0.1) is 18.0 Å². The van der Waals surface area contributed by atoms with Crippen LogP contribution in [0.3, 0.4) is 0 Å². The van der Waals surface area contributed by atoms with E-state index in [1.807, 2.05) is 27.7 Å². The van der Waals surface area contributed by atoms with Gasteiger partial charge in [0.25, 0.3) is 0 Å². The second kappa shape index (κ2) is 5.30. The van der Waals surface area contributed by atoms with E-state index in [1.54, 1.807) is 12.3 Å². The van der Waals surface area contributed by atoms with Crippen LogP contribution < -0.4 is 15.0 Å². The Bertz CT molecular complexity index is 590. The highest BCUT2D eigenvalue weighted by atomic mass is 16.7. The second-order valence-corrected chi connectivity index (χ2v) is 4.89. The van der Waals surface area contributed by atoms with Crippen molar-refractivity contribution < 1.29 is 9.57 Å². The maximum absolute atomic E-state index is 11.4. The third-order valence-corrected chi connectivity index (χ3v) is 2.33. The monoisotopic (exact) mass is 262 g/mol. The molecule has 0 spiro atoms. The Hall–Kier alpha value is -2.04. The van der Waals surface area contributed by atoms with Gasteiger partial charge >= 0.3 is 6.01 Å². The summed E-state index contributed by atoms with van der Waals surface area (Å²) in [5.74, 6) is 0. The molecular weight excluding hydrogens is 244 g/mol. The maximum Gasteiger partial charge on any atom is 0.331 e. The Morgan fingerprint density at radius 3 is 2.53 bits per heavy atom. The van der Waals surface area contributed by atoms with E-state index in [0.717, 1.165) is 5.56 Å². The summed E-state index contributed by atoms with van der Waals surface area (Å²) in [5, 5.41) is 0. The molecule has 0 fully saturated rings. The fraction of sp³-hybridized carbons (Fsp3) is 0.429. The first-order valence-electron chi connectivity index (χ1n) is 6.33. The molecule has 1 aliphatic heterocycles. The van der Waals surface area contributed by atoms with E-state index in [9.17, 15) is 4.79 Å². The molecule has 0 aromatic carbocycles. The summed E-state index contributed by atoms with van der Waals surface area (Å²) in [4.78, 5) is 21.3. The van der Waals surface area contributed by atoms with Crippen molar-refractivity contribution in [3.8, 4) is 17.3 Å². The predicted molar refractivity (Wildman–Crippen MR) is 72.6 cm³/mol. The minimum atomic E-state index is -0.0713. The van der Waals surface area contributed by atoms with E-state index in [-0.39, 0.29) is 17.6 Å². The number of fused-ring (bicyclic) bond motifs is 1. The molecule has 0 amide bonds. The van der Waals surface area contributed by atoms with Crippen LogP contribution in [0.5, 0.6) is 6.01 Å². The molecule has 0 bridgehead atoms. The summed E-state index contributed by atoms with van der Waals surface area (Å²) < 4.78 is 7.13. The summed E-state index contributed by atoms with van der Waals surface area (Å²) in [6.45, 7) is 7.68. The molecule has 2 rings (SSSR count). The van der Waals surface area contributed by atoms with Crippen LogP contribution in [0.1, 0.15) is 27.7 Å². The quantitative estimate of drug-likeness (QED) is 0.845. The molecule has 0 saturated heterocycles. The van der Waals surface area contributed by atoms with Gasteiger partial charge in [-0.25, -0.2) is 0 Å². The lowest BCUT2D eigenvalue weighted by Crippen LogP contribution is -2.24. The number of rotatable bonds is 4. The van der Waals surface area contributed by atoms with Crippen LogP contribution in [0.4, 0.5) is 0 Å². The summed E-state index contributed by atoms with van der Waals surface area (Å²) in [7, 11) is 0. The van der Waals surface area contributed by atoms with Crippen LogP contribution in [0.2, 0.25) is 0 Å².